The molecule has 0 heterocycles. The van der Waals surface area contributed by atoms with Crippen molar-refractivity contribution >= 4 is 40.2 Å². The highest BCUT2D eigenvalue weighted by molar-refractivity contribution is 14.1. The SMILES string of the molecule is NC(C(=O)O)c1cc(Cl)cc(I)c1. The molecule has 1 unspecified atom stereocenters. The molecule has 5 heteroatoms. The van der Waals surface area contributed by atoms with Gasteiger partial charge in [-0.3, -0.25) is 4.79 Å². The third kappa shape index (κ3) is 2.82. The first kappa shape index (κ1) is 10.7. The van der Waals surface area contributed by atoms with Gasteiger partial charge in [0.2, 0.25) is 0 Å². The van der Waals surface area contributed by atoms with Crippen LogP contribution in [-0.2, 0) is 4.79 Å². The van der Waals surface area contributed by atoms with Crippen molar-refractivity contribution in [2.45, 2.75) is 6.04 Å². The molecular weight excluding hydrogens is 304 g/mol. The van der Waals surface area contributed by atoms with E-state index in [1.807, 2.05) is 0 Å². The summed E-state index contributed by atoms with van der Waals surface area (Å²) in [6.07, 6.45) is 0. The van der Waals surface area contributed by atoms with Gasteiger partial charge in [-0.05, 0) is 46.4 Å². The fraction of sp³-hybridized carbons (Fsp3) is 0.125. The Balaban J connectivity index is 3.07. The van der Waals surface area contributed by atoms with Crippen molar-refractivity contribution in [3.8, 4) is 0 Å². The lowest BCUT2D eigenvalue weighted by molar-refractivity contribution is -0.138. The first-order valence-corrected chi connectivity index (χ1v) is 4.91. The summed E-state index contributed by atoms with van der Waals surface area (Å²) < 4.78 is 0.872. The minimum absolute atomic E-state index is 0.499. The van der Waals surface area contributed by atoms with E-state index in [-0.39, 0.29) is 0 Å². The maximum atomic E-state index is 10.6. The molecule has 1 atom stereocenters. The highest BCUT2D eigenvalue weighted by Gasteiger charge is 2.14. The fourth-order valence-corrected chi connectivity index (χ4v) is 2.02. The predicted molar refractivity (Wildman–Crippen MR) is 58.7 cm³/mol. The lowest BCUT2D eigenvalue weighted by Gasteiger charge is -2.07. The second-order valence-electron chi connectivity index (χ2n) is 2.52. The molecule has 0 saturated carbocycles. The van der Waals surface area contributed by atoms with Crippen LogP contribution in [0.3, 0.4) is 0 Å². The minimum atomic E-state index is -1.06. The van der Waals surface area contributed by atoms with E-state index in [0.717, 1.165) is 3.57 Å². The Morgan fingerprint density at radius 1 is 1.54 bits per heavy atom. The van der Waals surface area contributed by atoms with Gasteiger partial charge in [0.15, 0.2) is 0 Å². The Morgan fingerprint density at radius 3 is 2.62 bits per heavy atom. The highest BCUT2D eigenvalue weighted by atomic mass is 127. The molecule has 0 aliphatic carbocycles. The summed E-state index contributed by atoms with van der Waals surface area (Å²) in [5, 5.41) is 9.15. The smallest absolute Gasteiger partial charge is 0.325 e. The van der Waals surface area contributed by atoms with Gasteiger partial charge in [0.1, 0.15) is 6.04 Å². The minimum Gasteiger partial charge on any atom is -0.480 e. The molecule has 0 saturated heterocycles. The standard InChI is InChI=1S/C8H7ClINO2/c9-5-1-4(2-6(10)3-5)7(11)8(12)13/h1-3,7H,11H2,(H,12,13). The number of carboxylic acids is 1. The van der Waals surface area contributed by atoms with Crippen molar-refractivity contribution in [1.29, 1.82) is 0 Å². The summed E-state index contributed by atoms with van der Waals surface area (Å²) in [6.45, 7) is 0. The average Bonchev–Trinajstić information content (AvgIpc) is 2.01. The summed E-state index contributed by atoms with van der Waals surface area (Å²) in [4.78, 5) is 10.6. The number of hydrogen-bond acceptors (Lipinski definition) is 2. The number of carboxylic acid groups (broad SMARTS) is 1. The van der Waals surface area contributed by atoms with Crippen molar-refractivity contribution in [3.05, 3.63) is 32.4 Å². The zero-order valence-corrected chi connectivity index (χ0v) is 9.41. The number of benzene rings is 1. The summed E-state index contributed by atoms with van der Waals surface area (Å²) in [5.41, 5.74) is 5.93. The maximum absolute atomic E-state index is 10.6. The van der Waals surface area contributed by atoms with E-state index in [0.29, 0.717) is 10.6 Å². The van der Waals surface area contributed by atoms with Crippen LogP contribution in [0.2, 0.25) is 5.02 Å². The number of halogens is 2. The predicted octanol–water partition coefficient (Wildman–Crippen LogP) is 2.03. The molecule has 1 rings (SSSR count). The van der Waals surface area contributed by atoms with E-state index >= 15 is 0 Å². The number of hydrogen-bond donors (Lipinski definition) is 2. The topological polar surface area (TPSA) is 63.3 Å². The van der Waals surface area contributed by atoms with Gasteiger partial charge in [0, 0.05) is 8.59 Å². The third-order valence-corrected chi connectivity index (χ3v) is 2.35. The van der Waals surface area contributed by atoms with Crippen LogP contribution >= 0.6 is 34.2 Å². The van der Waals surface area contributed by atoms with Crippen LogP contribution in [0, 0.1) is 3.57 Å². The summed E-state index contributed by atoms with van der Waals surface area (Å²) >= 11 is 7.80. The van der Waals surface area contributed by atoms with Crippen LogP contribution in [-0.4, -0.2) is 11.1 Å². The lowest BCUT2D eigenvalue weighted by atomic mass is 10.1. The van der Waals surface area contributed by atoms with E-state index in [1.54, 1.807) is 18.2 Å². The van der Waals surface area contributed by atoms with Gasteiger partial charge in [0.25, 0.3) is 0 Å². The van der Waals surface area contributed by atoms with Gasteiger partial charge >= 0.3 is 5.97 Å². The van der Waals surface area contributed by atoms with Crippen LogP contribution < -0.4 is 5.73 Å². The zero-order chi connectivity index (χ0) is 10.0. The normalized spacial score (nSPS) is 12.5. The Labute approximate surface area is 94.0 Å². The third-order valence-electron chi connectivity index (χ3n) is 1.51. The van der Waals surface area contributed by atoms with Gasteiger partial charge in [-0.15, -0.1) is 0 Å². The molecular formula is C8H7ClINO2. The monoisotopic (exact) mass is 311 g/mol. The van der Waals surface area contributed by atoms with E-state index in [4.69, 9.17) is 22.4 Å². The molecule has 0 aromatic heterocycles. The molecule has 0 spiro atoms. The van der Waals surface area contributed by atoms with Gasteiger partial charge in [-0.25, -0.2) is 0 Å². The van der Waals surface area contributed by atoms with Crippen LogP contribution in [0.15, 0.2) is 18.2 Å². The Bertz CT molecular complexity index is 323. The summed E-state index contributed by atoms with van der Waals surface area (Å²) in [5.74, 6) is -1.06. The average molecular weight is 312 g/mol. The number of carbonyl (C=O) groups is 1. The van der Waals surface area contributed by atoms with Crippen LogP contribution in [0.1, 0.15) is 11.6 Å². The maximum Gasteiger partial charge on any atom is 0.325 e. The molecule has 0 aliphatic heterocycles. The Hall–Kier alpha value is -0.330. The molecule has 1 aromatic carbocycles. The second-order valence-corrected chi connectivity index (χ2v) is 4.20. The van der Waals surface area contributed by atoms with Crippen molar-refractivity contribution in [1.82, 2.24) is 0 Å². The van der Waals surface area contributed by atoms with E-state index < -0.39 is 12.0 Å². The molecule has 1 aromatic rings. The van der Waals surface area contributed by atoms with E-state index in [1.165, 1.54) is 0 Å². The molecule has 70 valence electrons. The van der Waals surface area contributed by atoms with Crippen molar-refractivity contribution in [2.75, 3.05) is 0 Å². The van der Waals surface area contributed by atoms with Crippen LogP contribution in [0.4, 0.5) is 0 Å². The first-order chi connectivity index (χ1) is 6.00. The molecule has 0 amide bonds. The molecule has 0 fully saturated rings. The quantitative estimate of drug-likeness (QED) is 0.822. The van der Waals surface area contributed by atoms with Crippen molar-refractivity contribution in [3.63, 3.8) is 0 Å². The molecule has 3 N–H and O–H groups in total. The highest BCUT2D eigenvalue weighted by Crippen LogP contribution is 2.20. The number of aliphatic carboxylic acids is 1. The van der Waals surface area contributed by atoms with Gasteiger partial charge in [-0.1, -0.05) is 11.6 Å². The second kappa shape index (κ2) is 4.26. The van der Waals surface area contributed by atoms with Crippen LogP contribution in [0.25, 0.3) is 0 Å². The summed E-state index contributed by atoms with van der Waals surface area (Å²) in [7, 11) is 0. The summed E-state index contributed by atoms with van der Waals surface area (Å²) in [6, 6.07) is 3.99. The number of nitrogens with two attached hydrogens (primary N) is 1. The lowest BCUT2D eigenvalue weighted by Crippen LogP contribution is -2.20. The van der Waals surface area contributed by atoms with Gasteiger partial charge < -0.3 is 10.8 Å². The van der Waals surface area contributed by atoms with E-state index in [9.17, 15) is 4.79 Å². The Morgan fingerprint density at radius 2 is 2.15 bits per heavy atom. The van der Waals surface area contributed by atoms with Crippen molar-refractivity contribution < 1.29 is 9.90 Å². The Kier molecular flexibility index (Phi) is 3.52. The van der Waals surface area contributed by atoms with Crippen LogP contribution in [0.5, 0.6) is 0 Å². The molecule has 0 bridgehead atoms. The van der Waals surface area contributed by atoms with Gasteiger partial charge in [-0.2, -0.15) is 0 Å². The largest absolute Gasteiger partial charge is 0.480 e. The molecule has 0 aliphatic rings. The van der Waals surface area contributed by atoms with E-state index in [2.05, 4.69) is 22.6 Å². The van der Waals surface area contributed by atoms with Gasteiger partial charge in [0.05, 0.1) is 0 Å². The zero-order valence-electron chi connectivity index (χ0n) is 6.50. The first-order valence-electron chi connectivity index (χ1n) is 3.45. The number of rotatable bonds is 2. The molecule has 13 heavy (non-hydrogen) atoms. The molecule has 0 radical (unpaired) electrons. The fourth-order valence-electron chi connectivity index (χ4n) is 0.897. The van der Waals surface area contributed by atoms with Crippen molar-refractivity contribution in [2.24, 2.45) is 5.73 Å². The molecule has 3 nitrogen and oxygen atoms in total.